The van der Waals surface area contributed by atoms with Crippen LogP contribution in [0.15, 0.2) is 30.3 Å². The molecule has 0 aromatic heterocycles. The normalized spacial score (nSPS) is 28.7. The molecule has 2 fully saturated rings. The summed E-state index contributed by atoms with van der Waals surface area (Å²) in [6.07, 6.45) is 6.52. The lowest BCUT2D eigenvalue weighted by Crippen LogP contribution is -2.54. The van der Waals surface area contributed by atoms with E-state index in [0.717, 1.165) is 51.7 Å². The highest BCUT2D eigenvalue weighted by Gasteiger charge is 2.38. The van der Waals surface area contributed by atoms with Gasteiger partial charge in [0.15, 0.2) is 0 Å². The molecule has 148 valence electrons. The number of nitrogens with zero attached hydrogens (tertiary/aromatic N) is 1. The molecule has 1 amide bonds. The highest BCUT2D eigenvalue weighted by atomic mass is 35.5. The van der Waals surface area contributed by atoms with Crippen LogP contribution in [0, 0.1) is 5.92 Å². The smallest absolute Gasteiger partial charge is 0.225 e. The molecule has 4 nitrogen and oxygen atoms in total. The fourth-order valence-electron chi connectivity index (χ4n) is 4.28. The van der Waals surface area contributed by atoms with Gasteiger partial charge in [0.1, 0.15) is 0 Å². The van der Waals surface area contributed by atoms with Gasteiger partial charge in [-0.05, 0) is 44.7 Å². The first-order valence-electron chi connectivity index (χ1n) is 9.41. The monoisotopic (exact) mass is 401 g/mol. The first-order valence-corrected chi connectivity index (χ1v) is 9.41. The number of hydrogen-bond donors (Lipinski definition) is 2. The van der Waals surface area contributed by atoms with Crippen LogP contribution in [0.1, 0.15) is 51.0 Å². The van der Waals surface area contributed by atoms with Crippen molar-refractivity contribution >= 4 is 30.7 Å². The quantitative estimate of drug-likeness (QED) is 0.793. The van der Waals surface area contributed by atoms with E-state index in [4.69, 9.17) is 5.73 Å². The van der Waals surface area contributed by atoms with Crippen molar-refractivity contribution in [2.24, 2.45) is 11.7 Å². The standard InChI is InChI=1S/C20H31N3O.2ClH/c1-20(21)12-6-5-11-18(20)19(24)22-14-17-10-7-13-23(17)15-16-8-3-2-4-9-16;;/h2-4,8-9,17-18H,5-7,10-15,21H2,1H3,(H,22,24);2*1H. The first-order chi connectivity index (χ1) is 11.6. The number of carbonyl (C=O) groups is 1. The van der Waals surface area contributed by atoms with Gasteiger partial charge in [-0.3, -0.25) is 9.69 Å². The summed E-state index contributed by atoms with van der Waals surface area (Å²) in [7, 11) is 0. The van der Waals surface area contributed by atoms with Crippen LogP contribution in [0.3, 0.4) is 0 Å². The van der Waals surface area contributed by atoms with E-state index in [1.807, 2.05) is 6.92 Å². The van der Waals surface area contributed by atoms with Crippen LogP contribution in [0.25, 0.3) is 0 Å². The van der Waals surface area contributed by atoms with Gasteiger partial charge in [-0.25, -0.2) is 0 Å². The Balaban J connectivity index is 0.00000169. The second-order valence-electron chi connectivity index (χ2n) is 7.80. The van der Waals surface area contributed by atoms with Crippen molar-refractivity contribution < 1.29 is 4.79 Å². The van der Waals surface area contributed by atoms with Crippen molar-refractivity contribution in [1.82, 2.24) is 10.2 Å². The Morgan fingerprint density at radius 3 is 2.62 bits per heavy atom. The molecule has 26 heavy (non-hydrogen) atoms. The van der Waals surface area contributed by atoms with Crippen molar-refractivity contribution in [2.45, 2.75) is 63.6 Å². The molecule has 1 aromatic rings. The van der Waals surface area contributed by atoms with Crippen LogP contribution < -0.4 is 11.1 Å². The van der Waals surface area contributed by atoms with Gasteiger partial charge < -0.3 is 11.1 Å². The number of hydrogen-bond acceptors (Lipinski definition) is 3. The Labute approximate surface area is 170 Å². The van der Waals surface area contributed by atoms with Gasteiger partial charge in [0.05, 0.1) is 5.92 Å². The summed E-state index contributed by atoms with van der Waals surface area (Å²) in [5, 5.41) is 3.21. The maximum Gasteiger partial charge on any atom is 0.225 e. The van der Waals surface area contributed by atoms with Gasteiger partial charge in [-0.1, -0.05) is 43.2 Å². The van der Waals surface area contributed by atoms with Gasteiger partial charge in [-0.15, -0.1) is 24.8 Å². The van der Waals surface area contributed by atoms with Gasteiger partial charge in [0.25, 0.3) is 0 Å². The summed E-state index contributed by atoms with van der Waals surface area (Å²) in [6.45, 7) is 4.87. The third-order valence-electron chi connectivity index (χ3n) is 5.81. The molecule has 1 heterocycles. The Bertz CT molecular complexity index is 553. The van der Waals surface area contributed by atoms with E-state index in [9.17, 15) is 4.79 Å². The number of nitrogens with two attached hydrogens (primary N) is 1. The van der Waals surface area contributed by atoms with E-state index >= 15 is 0 Å². The SMILES string of the molecule is CC1(N)CCCCC1C(=O)NCC1CCCN1Cc1ccccc1.Cl.Cl. The maximum absolute atomic E-state index is 12.6. The molecule has 2 aliphatic rings. The largest absolute Gasteiger partial charge is 0.354 e. The van der Waals surface area contributed by atoms with Gasteiger partial charge in [0.2, 0.25) is 5.91 Å². The van der Waals surface area contributed by atoms with Gasteiger partial charge in [-0.2, -0.15) is 0 Å². The average molecular weight is 402 g/mol. The molecule has 3 atom stereocenters. The molecule has 0 spiro atoms. The van der Waals surface area contributed by atoms with E-state index in [1.54, 1.807) is 0 Å². The molecule has 1 aliphatic carbocycles. The van der Waals surface area contributed by atoms with Crippen molar-refractivity contribution in [2.75, 3.05) is 13.1 Å². The summed E-state index contributed by atoms with van der Waals surface area (Å²) in [5.74, 6) is 0.126. The molecule has 3 unspecified atom stereocenters. The highest BCUT2D eigenvalue weighted by molar-refractivity contribution is 5.85. The third-order valence-corrected chi connectivity index (χ3v) is 5.81. The van der Waals surface area contributed by atoms with E-state index < -0.39 is 0 Å². The zero-order chi connectivity index (χ0) is 17.0. The van der Waals surface area contributed by atoms with Crippen molar-refractivity contribution in [1.29, 1.82) is 0 Å². The zero-order valence-corrected chi connectivity index (χ0v) is 17.3. The Morgan fingerprint density at radius 2 is 1.92 bits per heavy atom. The Hall–Kier alpha value is -0.810. The van der Waals surface area contributed by atoms with E-state index in [0.29, 0.717) is 6.04 Å². The van der Waals surface area contributed by atoms with Crippen molar-refractivity contribution in [3.05, 3.63) is 35.9 Å². The zero-order valence-electron chi connectivity index (χ0n) is 15.7. The summed E-state index contributed by atoms with van der Waals surface area (Å²) >= 11 is 0. The number of rotatable bonds is 5. The van der Waals surface area contributed by atoms with Crippen LogP contribution in [0.5, 0.6) is 0 Å². The molecule has 3 rings (SSSR count). The number of halogens is 2. The van der Waals surface area contributed by atoms with Crippen LogP contribution in [0.2, 0.25) is 0 Å². The molecule has 1 aliphatic heterocycles. The topological polar surface area (TPSA) is 58.4 Å². The second kappa shape index (κ2) is 10.5. The molecule has 0 radical (unpaired) electrons. The molecule has 1 saturated carbocycles. The predicted molar refractivity (Wildman–Crippen MR) is 112 cm³/mol. The Kier molecular flexibility index (Phi) is 9.39. The van der Waals surface area contributed by atoms with Crippen LogP contribution in [0.4, 0.5) is 0 Å². The minimum atomic E-state index is -0.346. The minimum absolute atomic E-state index is 0. The molecule has 0 bridgehead atoms. The van der Waals surface area contributed by atoms with Crippen LogP contribution in [-0.4, -0.2) is 35.5 Å². The number of nitrogens with one attached hydrogen (secondary N) is 1. The van der Waals surface area contributed by atoms with Crippen molar-refractivity contribution in [3.8, 4) is 0 Å². The molecule has 3 N–H and O–H groups in total. The number of benzene rings is 1. The van der Waals surface area contributed by atoms with Crippen molar-refractivity contribution in [3.63, 3.8) is 0 Å². The third kappa shape index (κ3) is 5.85. The summed E-state index contributed by atoms with van der Waals surface area (Å²) < 4.78 is 0. The number of carbonyl (C=O) groups excluding carboxylic acids is 1. The lowest BCUT2D eigenvalue weighted by Gasteiger charge is -2.37. The first kappa shape index (κ1) is 23.2. The molecular weight excluding hydrogens is 369 g/mol. The van der Waals surface area contributed by atoms with Crippen LogP contribution in [-0.2, 0) is 11.3 Å². The minimum Gasteiger partial charge on any atom is -0.354 e. The highest BCUT2D eigenvalue weighted by Crippen LogP contribution is 2.31. The van der Waals surface area contributed by atoms with Crippen LogP contribution >= 0.6 is 24.8 Å². The molecule has 1 saturated heterocycles. The van der Waals surface area contributed by atoms with E-state index in [-0.39, 0.29) is 42.2 Å². The van der Waals surface area contributed by atoms with Gasteiger partial charge >= 0.3 is 0 Å². The lowest BCUT2D eigenvalue weighted by atomic mass is 9.74. The van der Waals surface area contributed by atoms with E-state index in [2.05, 4.69) is 40.5 Å². The summed E-state index contributed by atoms with van der Waals surface area (Å²) in [6, 6.07) is 11.0. The molecule has 6 heteroatoms. The van der Waals surface area contributed by atoms with Gasteiger partial charge in [0, 0.05) is 24.7 Å². The van der Waals surface area contributed by atoms with E-state index in [1.165, 1.54) is 12.0 Å². The average Bonchev–Trinajstić information content (AvgIpc) is 3.00. The summed E-state index contributed by atoms with van der Waals surface area (Å²) in [5.41, 5.74) is 7.36. The number of likely N-dealkylation sites (tertiary alicyclic amines) is 1. The molecular formula is C20H33Cl2N3O. The maximum atomic E-state index is 12.6. The Morgan fingerprint density at radius 1 is 1.19 bits per heavy atom. The molecule has 1 aromatic carbocycles. The predicted octanol–water partition coefficient (Wildman–Crippen LogP) is 3.52. The second-order valence-corrected chi connectivity index (χ2v) is 7.80. The fourth-order valence-corrected chi connectivity index (χ4v) is 4.28. The fraction of sp³-hybridized carbons (Fsp3) is 0.650. The lowest BCUT2D eigenvalue weighted by molar-refractivity contribution is -0.128. The summed E-state index contributed by atoms with van der Waals surface area (Å²) in [4.78, 5) is 15.1. The number of amides is 1.